The van der Waals surface area contributed by atoms with Crippen LogP contribution in [0.3, 0.4) is 0 Å². The Balaban J connectivity index is 1.60. The topological polar surface area (TPSA) is 12.5 Å². The molecule has 2 heterocycles. The molecule has 0 aliphatic carbocycles. The maximum absolute atomic E-state index is 12.9. The van der Waals surface area contributed by atoms with Gasteiger partial charge in [-0.25, -0.2) is 0 Å². The number of fused-ring (bicyclic) bond motifs is 1. The molecule has 1 fully saturated rings. The first kappa shape index (κ1) is 21.4. The number of rotatable bonds is 3. The quantitative estimate of drug-likeness (QED) is 0.583. The minimum Gasteiger partial charge on any atom is -0.381 e. The van der Waals surface area contributed by atoms with Crippen LogP contribution in [0.4, 0.5) is 13.2 Å². The van der Waals surface area contributed by atoms with Gasteiger partial charge >= 0.3 is 6.18 Å². The molecule has 0 aromatic heterocycles. The molecule has 30 heavy (non-hydrogen) atoms. The zero-order chi connectivity index (χ0) is 21.4. The minimum absolute atomic E-state index is 0.0818. The predicted octanol–water partition coefficient (Wildman–Crippen LogP) is 6.28. The average molecular weight is 418 g/mol. The molecule has 0 atom stereocenters. The molecule has 2 aliphatic heterocycles. The Labute approximate surface area is 177 Å². The smallest absolute Gasteiger partial charge is 0.381 e. The van der Waals surface area contributed by atoms with Crippen molar-refractivity contribution in [1.82, 2.24) is 4.90 Å². The monoisotopic (exact) mass is 417 g/mol. The molecule has 2 aliphatic rings. The van der Waals surface area contributed by atoms with E-state index in [0.29, 0.717) is 5.92 Å². The van der Waals surface area contributed by atoms with Gasteiger partial charge in [0.2, 0.25) is 0 Å². The first-order chi connectivity index (χ1) is 14.2. The van der Waals surface area contributed by atoms with Gasteiger partial charge in [0.25, 0.3) is 0 Å². The molecule has 0 radical (unpaired) electrons. The largest absolute Gasteiger partial charge is 0.416 e. The van der Waals surface area contributed by atoms with Gasteiger partial charge in [-0.05, 0) is 77.6 Å². The standard InChI is InChI=1S/C25H30F3NO/c1-24(2)11-12-29(16-18-9-13-30-14-10-18)17-21-15-20(5-8-23(21)24)19-3-6-22(7-4-19)25(26,27)28/h3-8,15,18H,9-14,16-17H2,1-2H3. The lowest BCUT2D eigenvalue weighted by molar-refractivity contribution is -0.137. The van der Waals surface area contributed by atoms with Gasteiger partial charge in [0.1, 0.15) is 0 Å². The summed E-state index contributed by atoms with van der Waals surface area (Å²) in [5.74, 6) is 0.682. The first-order valence-corrected chi connectivity index (χ1v) is 10.8. The number of hydrogen-bond acceptors (Lipinski definition) is 2. The highest BCUT2D eigenvalue weighted by atomic mass is 19.4. The van der Waals surface area contributed by atoms with Crippen LogP contribution < -0.4 is 0 Å². The van der Waals surface area contributed by atoms with E-state index in [1.54, 1.807) is 12.1 Å². The summed E-state index contributed by atoms with van der Waals surface area (Å²) in [7, 11) is 0. The van der Waals surface area contributed by atoms with E-state index in [1.165, 1.54) is 23.3 Å². The number of benzene rings is 2. The summed E-state index contributed by atoms with van der Waals surface area (Å²) in [6, 6.07) is 11.9. The molecule has 1 saturated heterocycles. The van der Waals surface area contributed by atoms with E-state index in [4.69, 9.17) is 4.74 Å². The summed E-state index contributed by atoms with van der Waals surface area (Å²) >= 11 is 0. The van der Waals surface area contributed by atoms with Gasteiger partial charge in [0.05, 0.1) is 5.56 Å². The van der Waals surface area contributed by atoms with Crippen LogP contribution in [0.2, 0.25) is 0 Å². The number of hydrogen-bond donors (Lipinski definition) is 0. The van der Waals surface area contributed by atoms with Gasteiger partial charge in [-0.15, -0.1) is 0 Å². The summed E-state index contributed by atoms with van der Waals surface area (Å²) in [6.07, 6.45) is -0.958. The van der Waals surface area contributed by atoms with Crippen molar-refractivity contribution in [2.45, 2.75) is 51.2 Å². The lowest BCUT2D eigenvalue weighted by Gasteiger charge is -2.29. The number of nitrogens with zero attached hydrogens (tertiary/aromatic N) is 1. The van der Waals surface area contributed by atoms with Crippen molar-refractivity contribution in [3.63, 3.8) is 0 Å². The number of ether oxygens (including phenoxy) is 1. The van der Waals surface area contributed by atoms with Gasteiger partial charge in [-0.3, -0.25) is 4.90 Å². The molecular formula is C25H30F3NO. The molecule has 0 unspecified atom stereocenters. The predicted molar refractivity (Wildman–Crippen MR) is 113 cm³/mol. The first-order valence-electron chi connectivity index (χ1n) is 10.8. The lowest BCUT2D eigenvalue weighted by Crippen LogP contribution is -2.33. The van der Waals surface area contributed by atoms with Crippen LogP contribution in [0.25, 0.3) is 11.1 Å². The molecule has 5 heteroatoms. The molecule has 0 saturated carbocycles. The molecule has 2 aromatic carbocycles. The average Bonchev–Trinajstić information content (AvgIpc) is 2.84. The van der Waals surface area contributed by atoms with E-state index in [-0.39, 0.29) is 5.41 Å². The van der Waals surface area contributed by atoms with Gasteiger partial charge in [-0.1, -0.05) is 38.1 Å². The summed E-state index contributed by atoms with van der Waals surface area (Å²) in [6.45, 7) is 9.35. The van der Waals surface area contributed by atoms with E-state index in [9.17, 15) is 13.2 Å². The second kappa shape index (κ2) is 8.35. The fourth-order valence-corrected chi connectivity index (χ4v) is 4.76. The van der Waals surface area contributed by atoms with Crippen LogP contribution in [0.15, 0.2) is 42.5 Å². The summed E-state index contributed by atoms with van der Waals surface area (Å²) < 4.78 is 44.2. The third-order valence-electron chi connectivity index (χ3n) is 6.68. The highest BCUT2D eigenvalue weighted by molar-refractivity contribution is 5.66. The van der Waals surface area contributed by atoms with Crippen molar-refractivity contribution >= 4 is 0 Å². The van der Waals surface area contributed by atoms with Crippen LogP contribution in [0.1, 0.15) is 49.8 Å². The SMILES string of the molecule is CC1(C)CCN(CC2CCOCC2)Cc2cc(-c3ccc(C(F)(F)F)cc3)ccc21. The summed E-state index contributed by atoms with van der Waals surface area (Å²) in [5, 5.41) is 0. The van der Waals surface area contributed by atoms with Crippen molar-refractivity contribution in [2.24, 2.45) is 5.92 Å². The Bertz CT molecular complexity index is 867. The summed E-state index contributed by atoms with van der Waals surface area (Å²) in [5.41, 5.74) is 3.92. The van der Waals surface area contributed by atoms with Crippen molar-refractivity contribution in [3.8, 4) is 11.1 Å². The summed E-state index contributed by atoms with van der Waals surface area (Å²) in [4.78, 5) is 2.56. The molecule has 2 aromatic rings. The third-order valence-corrected chi connectivity index (χ3v) is 6.68. The number of alkyl halides is 3. The third kappa shape index (κ3) is 4.73. The van der Waals surface area contributed by atoms with Gasteiger partial charge in [0.15, 0.2) is 0 Å². The van der Waals surface area contributed by atoms with Crippen molar-refractivity contribution in [1.29, 1.82) is 0 Å². The van der Waals surface area contributed by atoms with Gasteiger partial charge < -0.3 is 4.74 Å². The molecule has 0 amide bonds. The molecule has 0 N–H and O–H groups in total. The highest BCUT2D eigenvalue weighted by Gasteiger charge is 2.31. The van der Waals surface area contributed by atoms with Crippen LogP contribution in [-0.2, 0) is 22.9 Å². The molecule has 0 bridgehead atoms. The maximum Gasteiger partial charge on any atom is 0.416 e. The molecule has 2 nitrogen and oxygen atoms in total. The highest BCUT2D eigenvalue weighted by Crippen LogP contribution is 2.37. The Hall–Kier alpha value is -1.85. The van der Waals surface area contributed by atoms with Crippen LogP contribution in [0.5, 0.6) is 0 Å². The normalized spacial score (nSPS) is 20.6. The Kier molecular flexibility index (Phi) is 5.95. The Morgan fingerprint density at radius 3 is 2.33 bits per heavy atom. The number of halogens is 3. The minimum atomic E-state index is -4.30. The molecule has 4 rings (SSSR count). The van der Waals surface area contributed by atoms with E-state index in [0.717, 1.165) is 63.2 Å². The molecular weight excluding hydrogens is 387 g/mol. The van der Waals surface area contributed by atoms with Crippen molar-refractivity contribution < 1.29 is 17.9 Å². The lowest BCUT2D eigenvalue weighted by atomic mass is 9.79. The maximum atomic E-state index is 12.9. The van der Waals surface area contributed by atoms with Crippen LogP contribution >= 0.6 is 0 Å². The Morgan fingerprint density at radius 1 is 1.00 bits per heavy atom. The van der Waals surface area contributed by atoms with Crippen LogP contribution in [0, 0.1) is 5.92 Å². The van der Waals surface area contributed by atoms with E-state index < -0.39 is 11.7 Å². The van der Waals surface area contributed by atoms with E-state index >= 15 is 0 Å². The zero-order valence-electron chi connectivity index (χ0n) is 17.8. The zero-order valence-corrected chi connectivity index (χ0v) is 17.8. The van der Waals surface area contributed by atoms with Gasteiger partial charge in [-0.2, -0.15) is 13.2 Å². The van der Waals surface area contributed by atoms with Crippen molar-refractivity contribution in [3.05, 3.63) is 59.2 Å². The molecule has 162 valence electrons. The van der Waals surface area contributed by atoms with E-state index in [1.807, 2.05) is 0 Å². The molecule has 0 spiro atoms. The van der Waals surface area contributed by atoms with Crippen LogP contribution in [-0.4, -0.2) is 31.2 Å². The second-order valence-electron chi connectivity index (χ2n) is 9.37. The van der Waals surface area contributed by atoms with Crippen molar-refractivity contribution in [2.75, 3.05) is 26.3 Å². The Morgan fingerprint density at radius 2 is 1.67 bits per heavy atom. The fourth-order valence-electron chi connectivity index (χ4n) is 4.76. The fraction of sp³-hybridized carbons (Fsp3) is 0.520. The van der Waals surface area contributed by atoms with Gasteiger partial charge in [0, 0.05) is 26.3 Å². The van der Waals surface area contributed by atoms with E-state index in [2.05, 4.69) is 36.9 Å². The second-order valence-corrected chi connectivity index (χ2v) is 9.37.